The number of imidazole rings is 1. The van der Waals surface area contributed by atoms with Crippen LogP contribution in [-0.4, -0.2) is 28.5 Å². The number of carbonyl (C=O) groups excluding carboxylic acids is 1. The first kappa shape index (κ1) is 10.9. The predicted molar refractivity (Wildman–Crippen MR) is 65.8 cm³/mol. The number of nitrogens with zero attached hydrogens (tertiary/aromatic N) is 2. The molecule has 0 bridgehead atoms. The van der Waals surface area contributed by atoms with Gasteiger partial charge in [-0.1, -0.05) is 0 Å². The number of ether oxygens (including phenoxy) is 2. The Hall–Kier alpha value is -2.24. The highest BCUT2D eigenvalue weighted by Gasteiger charge is 2.17. The molecule has 2 aromatic rings. The minimum absolute atomic E-state index is 0.0240. The second-order valence-corrected chi connectivity index (χ2v) is 4.24. The molecule has 0 fully saturated rings. The molecule has 94 valence electrons. The molecule has 6 nitrogen and oxygen atoms in total. The number of carbonyl (C=O) groups is 1. The molecule has 0 saturated carbocycles. The number of nitrogen functional groups attached to an aromatic ring is 1. The minimum Gasteiger partial charge on any atom is -0.486 e. The topological polar surface area (TPSA) is 79.4 Å². The Morgan fingerprint density at radius 3 is 2.72 bits per heavy atom. The summed E-state index contributed by atoms with van der Waals surface area (Å²) in [5.74, 6) is 1.68. The Balaban J connectivity index is 2.18. The Bertz CT molecular complexity index is 633. The average Bonchev–Trinajstić information content (AvgIpc) is 2.62. The van der Waals surface area contributed by atoms with Crippen LogP contribution in [0, 0.1) is 0 Å². The summed E-state index contributed by atoms with van der Waals surface area (Å²) in [6.45, 7) is 2.78. The molecule has 2 N–H and O–H groups in total. The maximum absolute atomic E-state index is 11.2. The van der Waals surface area contributed by atoms with E-state index in [0.29, 0.717) is 36.2 Å². The maximum atomic E-state index is 11.2. The van der Waals surface area contributed by atoms with Crippen LogP contribution in [0.5, 0.6) is 11.5 Å². The van der Waals surface area contributed by atoms with Crippen LogP contribution in [0.1, 0.15) is 6.92 Å². The average molecular weight is 247 g/mol. The van der Waals surface area contributed by atoms with Gasteiger partial charge in [0.05, 0.1) is 17.6 Å². The number of nitrogens with two attached hydrogens (primary N) is 1. The van der Waals surface area contributed by atoms with Crippen molar-refractivity contribution in [2.75, 3.05) is 18.9 Å². The molecule has 1 aliphatic heterocycles. The summed E-state index contributed by atoms with van der Waals surface area (Å²) < 4.78 is 12.7. The Morgan fingerprint density at radius 1 is 1.39 bits per heavy atom. The van der Waals surface area contributed by atoms with Crippen molar-refractivity contribution in [3.8, 4) is 11.5 Å². The smallest absolute Gasteiger partial charge is 0.201 e. The van der Waals surface area contributed by atoms with E-state index in [1.54, 1.807) is 10.6 Å². The van der Waals surface area contributed by atoms with Gasteiger partial charge in [-0.25, -0.2) is 4.98 Å². The highest BCUT2D eigenvalue weighted by Crippen LogP contribution is 2.35. The van der Waals surface area contributed by atoms with Crippen LogP contribution in [0.25, 0.3) is 11.0 Å². The third kappa shape index (κ3) is 1.66. The van der Waals surface area contributed by atoms with E-state index < -0.39 is 0 Å². The zero-order valence-electron chi connectivity index (χ0n) is 9.97. The van der Waals surface area contributed by atoms with Crippen LogP contribution in [0.4, 0.5) is 5.95 Å². The fourth-order valence-electron chi connectivity index (χ4n) is 2.07. The zero-order chi connectivity index (χ0) is 12.7. The summed E-state index contributed by atoms with van der Waals surface area (Å²) in [7, 11) is 0. The molecule has 1 aromatic carbocycles. The van der Waals surface area contributed by atoms with Crippen molar-refractivity contribution in [3.05, 3.63) is 12.1 Å². The van der Waals surface area contributed by atoms with Crippen molar-refractivity contribution in [2.24, 2.45) is 0 Å². The summed E-state index contributed by atoms with van der Waals surface area (Å²) in [6, 6.07) is 3.60. The van der Waals surface area contributed by atoms with Crippen LogP contribution >= 0.6 is 0 Å². The number of rotatable bonds is 2. The van der Waals surface area contributed by atoms with Crippen LogP contribution in [-0.2, 0) is 11.3 Å². The number of Topliss-reactive ketones (excluding diaryl/α,β-unsaturated/α-hetero) is 1. The summed E-state index contributed by atoms with van der Waals surface area (Å²) >= 11 is 0. The lowest BCUT2D eigenvalue weighted by Crippen LogP contribution is -2.15. The van der Waals surface area contributed by atoms with Gasteiger partial charge in [0, 0.05) is 12.1 Å². The van der Waals surface area contributed by atoms with Gasteiger partial charge in [-0.2, -0.15) is 0 Å². The molecule has 0 radical (unpaired) electrons. The fraction of sp³-hybridized carbons (Fsp3) is 0.333. The normalized spacial score (nSPS) is 13.8. The molecule has 1 aliphatic rings. The number of ketones is 1. The molecule has 6 heteroatoms. The monoisotopic (exact) mass is 247 g/mol. The highest BCUT2D eigenvalue weighted by molar-refractivity contribution is 5.85. The summed E-state index contributed by atoms with van der Waals surface area (Å²) in [4.78, 5) is 15.5. The number of fused-ring (bicyclic) bond motifs is 2. The number of hydrogen-bond acceptors (Lipinski definition) is 5. The zero-order valence-corrected chi connectivity index (χ0v) is 9.97. The van der Waals surface area contributed by atoms with E-state index in [2.05, 4.69) is 4.98 Å². The Labute approximate surface area is 103 Å². The second kappa shape index (κ2) is 3.90. The van der Waals surface area contributed by atoms with Crippen molar-refractivity contribution >= 4 is 22.8 Å². The molecule has 0 aliphatic carbocycles. The van der Waals surface area contributed by atoms with E-state index in [1.807, 2.05) is 6.07 Å². The highest BCUT2D eigenvalue weighted by atomic mass is 16.6. The van der Waals surface area contributed by atoms with E-state index in [0.717, 1.165) is 5.52 Å². The van der Waals surface area contributed by atoms with Crippen LogP contribution in [0.15, 0.2) is 12.1 Å². The first-order valence-corrected chi connectivity index (χ1v) is 5.70. The van der Waals surface area contributed by atoms with E-state index in [-0.39, 0.29) is 12.3 Å². The Morgan fingerprint density at radius 2 is 2.06 bits per heavy atom. The lowest BCUT2D eigenvalue weighted by atomic mass is 10.2. The molecule has 0 unspecified atom stereocenters. The lowest BCUT2D eigenvalue weighted by molar-refractivity contribution is -0.117. The first-order chi connectivity index (χ1) is 8.65. The van der Waals surface area contributed by atoms with Crippen molar-refractivity contribution in [2.45, 2.75) is 13.5 Å². The number of aromatic nitrogens is 2. The van der Waals surface area contributed by atoms with Gasteiger partial charge in [-0.3, -0.25) is 4.79 Å². The fourth-order valence-corrected chi connectivity index (χ4v) is 2.07. The summed E-state index contributed by atoms with van der Waals surface area (Å²) in [5.41, 5.74) is 7.31. The second-order valence-electron chi connectivity index (χ2n) is 4.24. The third-order valence-corrected chi connectivity index (χ3v) is 2.82. The minimum atomic E-state index is 0.0240. The first-order valence-electron chi connectivity index (χ1n) is 5.70. The molecule has 0 atom stereocenters. The molecule has 0 amide bonds. The van der Waals surface area contributed by atoms with E-state index in [1.165, 1.54) is 6.92 Å². The molecular formula is C12H13N3O3. The van der Waals surface area contributed by atoms with Gasteiger partial charge in [0.25, 0.3) is 0 Å². The molecule has 0 saturated heterocycles. The van der Waals surface area contributed by atoms with Gasteiger partial charge in [-0.15, -0.1) is 0 Å². The van der Waals surface area contributed by atoms with Crippen LogP contribution in [0.2, 0.25) is 0 Å². The lowest BCUT2D eigenvalue weighted by Gasteiger charge is -2.18. The van der Waals surface area contributed by atoms with E-state index >= 15 is 0 Å². The van der Waals surface area contributed by atoms with Gasteiger partial charge < -0.3 is 19.8 Å². The van der Waals surface area contributed by atoms with E-state index in [9.17, 15) is 4.79 Å². The predicted octanol–water partition coefficient (Wildman–Crippen LogP) is 0.979. The molecule has 0 spiro atoms. The van der Waals surface area contributed by atoms with Crippen LogP contribution < -0.4 is 15.2 Å². The largest absolute Gasteiger partial charge is 0.486 e. The maximum Gasteiger partial charge on any atom is 0.201 e. The van der Waals surface area contributed by atoms with Crippen molar-refractivity contribution in [1.29, 1.82) is 0 Å². The Kier molecular flexibility index (Phi) is 2.36. The molecule has 1 aromatic heterocycles. The SMILES string of the molecule is CC(=O)Cn1c(N)nc2cc3c(cc21)OCCO3. The number of anilines is 1. The van der Waals surface area contributed by atoms with Gasteiger partial charge in [0.1, 0.15) is 19.0 Å². The number of hydrogen-bond donors (Lipinski definition) is 1. The standard InChI is InChI=1S/C12H13N3O3/c1-7(16)6-15-9-5-11-10(17-2-3-18-11)4-8(9)14-12(15)13/h4-5H,2-3,6H2,1H3,(H2,13,14). The quantitative estimate of drug-likeness (QED) is 0.855. The van der Waals surface area contributed by atoms with Crippen molar-refractivity contribution in [3.63, 3.8) is 0 Å². The van der Waals surface area contributed by atoms with Crippen molar-refractivity contribution < 1.29 is 14.3 Å². The van der Waals surface area contributed by atoms with Gasteiger partial charge in [-0.05, 0) is 6.92 Å². The number of benzene rings is 1. The molecule has 2 heterocycles. The molecular weight excluding hydrogens is 234 g/mol. The molecule has 18 heavy (non-hydrogen) atoms. The van der Waals surface area contributed by atoms with Gasteiger partial charge in [0.2, 0.25) is 5.95 Å². The van der Waals surface area contributed by atoms with Gasteiger partial charge in [0.15, 0.2) is 11.5 Å². The van der Waals surface area contributed by atoms with Gasteiger partial charge >= 0.3 is 0 Å². The van der Waals surface area contributed by atoms with Crippen LogP contribution in [0.3, 0.4) is 0 Å². The van der Waals surface area contributed by atoms with E-state index in [4.69, 9.17) is 15.2 Å². The summed E-state index contributed by atoms with van der Waals surface area (Å²) in [5, 5.41) is 0. The summed E-state index contributed by atoms with van der Waals surface area (Å²) in [6.07, 6.45) is 0. The van der Waals surface area contributed by atoms with Crippen molar-refractivity contribution in [1.82, 2.24) is 9.55 Å². The third-order valence-electron chi connectivity index (χ3n) is 2.82. The molecule has 3 rings (SSSR count).